The molecule has 2 aliphatic heterocycles. The molecule has 0 aromatic heterocycles. The Morgan fingerprint density at radius 2 is 1.50 bits per heavy atom. The van der Waals surface area contributed by atoms with Gasteiger partial charge in [-0.15, -0.1) is 0 Å². The van der Waals surface area contributed by atoms with E-state index in [0.29, 0.717) is 5.37 Å². The molecule has 0 aromatic rings. The summed E-state index contributed by atoms with van der Waals surface area (Å²) in [4.78, 5) is 18.4. The molecule has 4 nitrogen and oxygen atoms in total. The van der Waals surface area contributed by atoms with Crippen LogP contribution in [0, 0.1) is 0 Å². The van der Waals surface area contributed by atoms with Gasteiger partial charge in [0.1, 0.15) is 0 Å². The van der Waals surface area contributed by atoms with Crippen LogP contribution in [0.3, 0.4) is 0 Å². The van der Waals surface area contributed by atoms with Crippen molar-refractivity contribution >= 4 is 18.7 Å². The molecule has 2 heterocycles. The maximum atomic E-state index is 12.1. The van der Waals surface area contributed by atoms with E-state index in [0.717, 1.165) is 39.3 Å². The number of thiol groups is 1. The lowest BCUT2D eigenvalue weighted by molar-refractivity contribution is 0.116. The minimum absolute atomic E-state index is 0.240. The van der Waals surface area contributed by atoms with Crippen molar-refractivity contribution in [2.24, 2.45) is 0 Å². The van der Waals surface area contributed by atoms with Crippen LogP contribution in [0.4, 0.5) is 4.79 Å². The van der Waals surface area contributed by atoms with Crippen molar-refractivity contribution in [3.8, 4) is 0 Å². The van der Waals surface area contributed by atoms with Gasteiger partial charge in [-0.3, -0.25) is 4.90 Å². The molecule has 2 rings (SSSR count). The molecule has 0 radical (unpaired) electrons. The lowest BCUT2D eigenvalue weighted by Crippen LogP contribution is -2.53. The number of carbonyl (C=O) groups excluding carboxylic acids is 1. The van der Waals surface area contributed by atoms with E-state index in [1.165, 1.54) is 12.8 Å². The smallest absolute Gasteiger partial charge is 0.320 e. The summed E-state index contributed by atoms with van der Waals surface area (Å²) in [5.74, 6) is 0. The van der Waals surface area contributed by atoms with E-state index in [-0.39, 0.29) is 6.03 Å². The summed E-state index contributed by atoms with van der Waals surface area (Å²) in [6.07, 6.45) is 2.33. The Labute approximate surface area is 103 Å². The Bertz CT molecular complexity index is 246. The van der Waals surface area contributed by atoms with Gasteiger partial charge in [0.15, 0.2) is 0 Å². The average molecular weight is 243 g/mol. The molecule has 5 heteroatoms. The summed E-state index contributed by atoms with van der Waals surface area (Å²) in [5, 5.41) is 0.295. The Hall–Kier alpha value is -0.420. The van der Waals surface area contributed by atoms with Crippen LogP contribution in [0.15, 0.2) is 0 Å². The first-order chi connectivity index (χ1) is 7.68. The first-order valence-corrected chi connectivity index (χ1v) is 6.66. The topological polar surface area (TPSA) is 26.8 Å². The molecule has 0 bridgehead atoms. The second-order valence-electron chi connectivity index (χ2n) is 4.63. The van der Waals surface area contributed by atoms with E-state index in [2.05, 4.69) is 24.5 Å². The minimum atomic E-state index is 0.240. The van der Waals surface area contributed by atoms with Crippen LogP contribution >= 0.6 is 12.6 Å². The number of amides is 2. The monoisotopic (exact) mass is 243 g/mol. The first kappa shape index (κ1) is 12.0. The number of likely N-dealkylation sites (tertiary alicyclic amines) is 1. The van der Waals surface area contributed by atoms with Crippen LogP contribution in [0.25, 0.3) is 0 Å². The highest BCUT2D eigenvalue weighted by atomic mass is 32.1. The van der Waals surface area contributed by atoms with Gasteiger partial charge in [-0.1, -0.05) is 0 Å². The largest absolute Gasteiger partial charge is 0.325 e. The number of carbonyl (C=O) groups is 1. The van der Waals surface area contributed by atoms with Crippen molar-refractivity contribution in [2.75, 3.05) is 39.3 Å². The maximum Gasteiger partial charge on any atom is 0.320 e. The Kier molecular flexibility index (Phi) is 3.97. The van der Waals surface area contributed by atoms with Gasteiger partial charge in [0.25, 0.3) is 0 Å². The van der Waals surface area contributed by atoms with Crippen LogP contribution in [0.5, 0.6) is 0 Å². The summed E-state index contributed by atoms with van der Waals surface area (Å²) in [6.45, 7) is 7.57. The molecule has 0 aliphatic carbocycles. The highest BCUT2D eigenvalue weighted by molar-refractivity contribution is 7.80. The zero-order chi connectivity index (χ0) is 11.5. The summed E-state index contributed by atoms with van der Waals surface area (Å²) >= 11 is 4.42. The number of hydrogen-bond donors (Lipinski definition) is 1. The van der Waals surface area contributed by atoms with Crippen LogP contribution < -0.4 is 0 Å². The number of rotatable bonds is 1. The summed E-state index contributed by atoms with van der Waals surface area (Å²) in [7, 11) is 0. The van der Waals surface area contributed by atoms with Gasteiger partial charge in [-0.2, -0.15) is 12.6 Å². The van der Waals surface area contributed by atoms with Crippen molar-refractivity contribution in [3.05, 3.63) is 0 Å². The van der Waals surface area contributed by atoms with Gasteiger partial charge < -0.3 is 9.80 Å². The molecule has 0 aromatic carbocycles. The normalized spacial score (nSPS) is 24.9. The van der Waals surface area contributed by atoms with Crippen molar-refractivity contribution in [1.82, 2.24) is 14.7 Å². The highest BCUT2D eigenvalue weighted by Crippen LogP contribution is 2.14. The van der Waals surface area contributed by atoms with Gasteiger partial charge in [0, 0.05) is 39.3 Å². The van der Waals surface area contributed by atoms with E-state index >= 15 is 0 Å². The molecule has 1 unspecified atom stereocenters. The van der Waals surface area contributed by atoms with Crippen molar-refractivity contribution in [2.45, 2.75) is 25.1 Å². The fourth-order valence-corrected chi connectivity index (χ4v) is 2.63. The summed E-state index contributed by atoms with van der Waals surface area (Å²) in [6, 6.07) is 0.240. The quantitative estimate of drug-likeness (QED) is 0.698. The van der Waals surface area contributed by atoms with E-state index < -0.39 is 0 Å². The zero-order valence-electron chi connectivity index (χ0n) is 9.93. The number of piperazine rings is 1. The fraction of sp³-hybridized carbons (Fsp3) is 0.909. The van der Waals surface area contributed by atoms with Crippen molar-refractivity contribution in [1.29, 1.82) is 0 Å². The lowest BCUT2D eigenvalue weighted by atomic mass is 10.3. The molecular formula is C11H21N3OS. The Morgan fingerprint density at radius 3 is 2.00 bits per heavy atom. The van der Waals surface area contributed by atoms with E-state index in [1.807, 2.05) is 9.80 Å². The zero-order valence-corrected chi connectivity index (χ0v) is 10.8. The Morgan fingerprint density at radius 1 is 1.00 bits per heavy atom. The minimum Gasteiger partial charge on any atom is -0.325 e. The predicted octanol–water partition coefficient (Wildman–Crippen LogP) is 1.10. The fourth-order valence-electron chi connectivity index (χ4n) is 2.40. The second-order valence-corrected chi connectivity index (χ2v) is 5.38. The first-order valence-electron chi connectivity index (χ1n) is 6.14. The molecule has 16 heavy (non-hydrogen) atoms. The predicted molar refractivity (Wildman–Crippen MR) is 67.8 cm³/mol. The van der Waals surface area contributed by atoms with Gasteiger partial charge >= 0.3 is 6.03 Å². The maximum absolute atomic E-state index is 12.1. The van der Waals surface area contributed by atoms with Crippen LogP contribution in [0.2, 0.25) is 0 Å². The Balaban J connectivity index is 1.81. The number of nitrogens with zero attached hydrogens (tertiary/aromatic N) is 3. The van der Waals surface area contributed by atoms with E-state index in [4.69, 9.17) is 0 Å². The summed E-state index contributed by atoms with van der Waals surface area (Å²) in [5.41, 5.74) is 0. The standard InChI is InChI=1S/C11H21N3OS/c1-10(16)12-6-8-14(9-7-12)11(15)13-4-2-3-5-13/h10,16H,2-9H2,1H3. The molecule has 1 atom stereocenters. The molecule has 2 fully saturated rings. The number of urea groups is 1. The van der Waals surface area contributed by atoms with E-state index in [9.17, 15) is 4.79 Å². The third-order valence-electron chi connectivity index (χ3n) is 3.49. The molecule has 92 valence electrons. The third-order valence-corrected chi connectivity index (χ3v) is 3.82. The van der Waals surface area contributed by atoms with Gasteiger partial charge in [-0.05, 0) is 19.8 Å². The molecule has 0 spiro atoms. The average Bonchev–Trinajstić information content (AvgIpc) is 2.81. The van der Waals surface area contributed by atoms with Gasteiger partial charge in [0.05, 0.1) is 5.37 Å². The van der Waals surface area contributed by atoms with Crippen LogP contribution in [0.1, 0.15) is 19.8 Å². The molecule has 2 saturated heterocycles. The lowest BCUT2D eigenvalue weighted by Gasteiger charge is -2.38. The highest BCUT2D eigenvalue weighted by Gasteiger charge is 2.27. The van der Waals surface area contributed by atoms with Gasteiger partial charge in [0.2, 0.25) is 0 Å². The molecular weight excluding hydrogens is 222 g/mol. The number of hydrogen-bond acceptors (Lipinski definition) is 3. The van der Waals surface area contributed by atoms with Crippen molar-refractivity contribution in [3.63, 3.8) is 0 Å². The van der Waals surface area contributed by atoms with Crippen molar-refractivity contribution < 1.29 is 4.79 Å². The molecule has 0 saturated carbocycles. The SMILES string of the molecule is CC(S)N1CCN(C(=O)N2CCCC2)CC1. The molecule has 0 N–H and O–H groups in total. The summed E-state index contributed by atoms with van der Waals surface area (Å²) < 4.78 is 0. The van der Waals surface area contributed by atoms with Gasteiger partial charge in [-0.25, -0.2) is 4.79 Å². The van der Waals surface area contributed by atoms with Crippen LogP contribution in [-0.4, -0.2) is 65.4 Å². The molecule has 2 amide bonds. The second kappa shape index (κ2) is 5.27. The molecule has 2 aliphatic rings. The van der Waals surface area contributed by atoms with E-state index in [1.54, 1.807) is 0 Å². The van der Waals surface area contributed by atoms with Crippen LogP contribution in [-0.2, 0) is 0 Å². The third kappa shape index (κ3) is 2.63.